The summed E-state index contributed by atoms with van der Waals surface area (Å²) in [5.74, 6) is -0.127. The number of hydrogen-bond acceptors (Lipinski definition) is 6. The van der Waals surface area contributed by atoms with Crippen LogP contribution in [0.4, 0.5) is 0 Å². The lowest BCUT2D eigenvalue weighted by atomic mass is 9.80. The predicted molar refractivity (Wildman–Crippen MR) is 132 cm³/mol. The third kappa shape index (κ3) is 6.16. The summed E-state index contributed by atoms with van der Waals surface area (Å²) in [6, 6.07) is 19.5. The molecular formula is C28H30N2O4. The lowest BCUT2D eigenvalue weighted by molar-refractivity contribution is -0.124. The molecule has 0 spiro atoms. The van der Waals surface area contributed by atoms with Crippen molar-refractivity contribution in [1.29, 1.82) is 5.41 Å². The third-order valence-electron chi connectivity index (χ3n) is 6.02. The Kier molecular flexibility index (Phi) is 8.30. The van der Waals surface area contributed by atoms with Gasteiger partial charge in [-0.05, 0) is 23.0 Å². The quantitative estimate of drug-likeness (QED) is 0.392. The molecule has 1 atom stereocenters. The van der Waals surface area contributed by atoms with E-state index in [1.54, 1.807) is 11.1 Å². The molecular weight excluding hydrogens is 428 g/mol. The molecule has 0 heterocycles. The average molecular weight is 459 g/mol. The van der Waals surface area contributed by atoms with Crippen molar-refractivity contribution in [2.24, 2.45) is 0 Å². The van der Waals surface area contributed by atoms with Crippen molar-refractivity contribution < 1.29 is 19.5 Å². The first-order valence-corrected chi connectivity index (χ1v) is 11.3. The number of carbonyl (C=O) groups excluding carboxylic acids is 3. The van der Waals surface area contributed by atoms with Crippen molar-refractivity contribution in [3.05, 3.63) is 94.9 Å². The third-order valence-corrected chi connectivity index (χ3v) is 6.02. The first kappa shape index (κ1) is 24.8. The molecule has 0 radical (unpaired) electrons. The van der Waals surface area contributed by atoms with Gasteiger partial charge in [0.15, 0.2) is 17.3 Å². The normalized spacial score (nSPS) is 20.4. The number of aliphatic hydroxyl groups excluding tert-OH is 1. The van der Waals surface area contributed by atoms with Crippen molar-refractivity contribution >= 4 is 23.6 Å². The SMILES string of the molecule is CN(C)C=C1C(=O)CC(c2ccccc2)CC1=O.N=CC1=C(O)CC(c2ccccc2)CC1=O. The topological polar surface area (TPSA) is 98.5 Å². The Morgan fingerprint density at radius 2 is 1.21 bits per heavy atom. The van der Waals surface area contributed by atoms with E-state index < -0.39 is 0 Å². The molecule has 0 saturated heterocycles. The van der Waals surface area contributed by atoms with Crippen LogP contribution in [0.5, 0.6) is 0 Å². The second-order valence-corrected chi connectivity index (χ2v) is 8.81. The van der Waals surface area contributed by atoms with E-state index >= 15 is 0 Å². The average Bonchev–Trinajstić information content (AvgIpc) is 2.82. The molecule has 2 aliphatic rings. The zero-order valence-electron chi connectivity index (χ0n) is 19.5. The van der Waals surface area contributed by atoms with Crippen molar-refractivity contribution in [2.45, 2.75) is 37.5 Å². The summed E-state index contributed by atoms with van der Waals surface area (Å²) in [7, 11) is 3.63. The second kappa shape index (κ2) is 11.4. The fourth-order valence-electron chi connectivity index (χ4n) is 4.29. The number of allylic oxidation sites excluding steroid dienone is 3. The number of aliphatic hydroxyl groups is 1. The zero-order chi connectivity index (χ0) is 24.7. The van der Waals surface area contributed by atoms with Gasteiger partial charge in [-0.3, -0.25) is 14.4 Å². The summed E-state index contributed by atoms with van der Waals surface area (Å²) in [5.41, 5.74) is 2.63. The van der Waals surface area contributed by atoms with Gasteiger partial charge in [0.2, 0.25) is 0 Å². The van der Waals surface area contributed by atoms with Crippen molar-refractivity contribution in [1.82, 2.24) is 4.90 Å². The van der Waals surface area contributed by atoms with Gasteiger partial charge in [-0.1, -0.05) is 60.7 Å². The number of benzene rings is 2. The molecule has 4 rings (SSSR count). The summed E-state index contributed by atoms with van der Waals surface area (Å²) >= 11 is 0. The fraction of sp³-hybridized carbons (Fsp3) is 0.286. The summed E-state index contributed by atoms with van der Waals surface area (Å²) in [6.07, 6.45) is 4.24. The molecule has 1 unspecified atom stereocenters. The Hall–Kier alpha value is -3.80. The van der Waals surface area contributed by atoms with Crippen LogP contribution >= 0.6 is 0 Å². The maximum absolute atomic E-state index is 12.0. The molecule has 0 aromatic heterocycles. The van der Waals surface area contributed by atoms with E-state index in [-0.39, 0.29) is 40.5 Å². The smallest absolute Gasteiger partial charge is 0.168 e. The standard InChI is InChI=1S/C15H17NO2.C13H13NO2/c1-16(2)10-13-14(17)8-12(9-15(13)18)11-6-4-3-5-7-11;14-8-11-12(15)6-10(7-13(11)16)9-4-2-1-3-5-9/h3-7,10,12H,8-9H2,1-2H3;1-5,8,10,14-15H,6-7H2. The number of carbonyl (C=O) groups is 3. The van der Waals surface area contributed by atoms with Gasteiger partial charge in [0, 0.05) is 52.2 Å². The first-order chi connectivity index (χ1) is 16.3. The molecule has 2 aromatic rings. The molecule has 0 aliphatic heterocycles. The predicted octanol–water partition coefficient (Wildman–Crippen LogP) is 4.74. The highest BCUT2D eigenvalue weighted by atomic mass is 16.3. The van der Waals surface area contributed by atoms with E-state index in [4.69, 9.17) is 5.41 Å². The van der Waals surface area contributed by atoms with Crippen LogP contribution in [-0.4, -0.2) is 47.7 Å². The molecule has 2 N–H and O–H groups in total. The van der Waals surface area contributed by atoms with Crippen LogP contribution in [0.3, 0.4) is 0 Å². The van der Waals surface area contributed by atoms with Crippen molar-refractivity contribution in [3.8, 4) is 0 Å². The van der Waals surface area contributed by atoms with Crippen LogP contribution in [0, 0.1) is 5.41 Å². The van der Waals surface area contributed by atoms with Crippen LogP contribution in [0.25, 0.3) is 0 Å². The highest BCUT2D eigenvalue weighted by Crippen LogP contribution is 2.33. The number of ketones is 3. The van der Waals surface area contributed by atoms with E-state index in [1.807, 2.05) is 74.8 Å². The molecule has 34 heavy (non-hydrogen) atoms. The Morgan fingerprint density at radius 1 is 0.765 bits per heavy atom. The van der Waals surface area contributed by atoms with E-state index in [0.717, 1.165) is 17.3 Å². The Morgan fingerprint density at radius 3 is 1.62 bits per heavy atom. The van der Waals surface area contributed by atoms with Gasteiger partial charge in [0.25, 0.3) is 0 Å². The fourth-order valence-corrected chi connectivity index (χ4v) is 4.29. The van der Waals surface area contributed by atoms with E-state index in [9.17, 15) is 19.5 Å². The summed E-state index contributed by atoms with van der Waals surface area (Å²) < 4.78 is 0. The van der Waals surface area contributed by atoms with Crippen LogP contribution in [0.2, 0.25) is 0 Å². The molecule has 0 bridgehead atoms. The zero-order valence-corrected chi connectivity index (χ0v) is 19.5. The van der Waals surface area contributed by atoms with Gasteiger partial charge in [-0.15, -0.1) is 0 Å². The number of nitrogens with one attached hydrogen (secondary N) is 1. The molecule has 6 nitrogen and oxygen atoms in total. The van der Waals surface area contributed by atoms with Gasteiger partial charge in [0.1, 0.15) is 5.76 Å². The summed E-state index contributed by atoms with van der Waals surface area (Å²) in [4.78, 5) is 37.4. The Labute approximate surface area is 200 Å². The molecule has 176 valence electrons. The minimum absolute atomic E-state index is 0.0329. The second-order valence-electron chi connectivity index (χ2n) is 8.81. The van der Waals surface area contributed by atoms with Crippen molar-refractivity contribution in [3.63, 3.8) is 0 Å². The highest BCUT2D eigenvalue weighted by molar-refractivity contribution is 6.22. The number of hydrogen-bond donors (Lipinski definition) is 2. The van der Waals surface area contributed by atoms with Gasteiger partial charge in [-0.25, -0.2) is 0 Å². The Balaban J connectivity index is 0.000000192. The monoisotopic (exact) mass is 458 g/mol. The van der Waals surface area contributed by atoms with E-state index in [0.29, 0.717) is 31.3 Å². The lowest BCUT2D eigenvalue weighted by Crippen LogP contribution is -2.26. The van der Waals surface area contributed by atoms with Crippen LogP contribution in [0.1, 0.15) is 48.6 Å². The lowest BCUT2D eigenvalue weighted by Gasteiger charge is -2.23. The summed E-state index contributed by atoms with van der Waals surface area (Å²) in [5, 5.41) is 16.7. The summed E-state index contributed by atoms with van der Waals surface area (Å²) in [6.45, 7) is 0. The first-order valence-electron chi connectivity index (χ1n) is 11.3. The molecule has 6 heteroatoms. The van der Waals surface area contributed by atoms with Crippen LogP contribution in [0.15, 0.2) is 83.8 Å². The maximum Gasteiger partial charge on any atom is 0.168 e. The number of rotatable bonds is 4. The van der Waals surface area contributed by atoms with Crippen LogP contribution < -0.4 is 0 Å². The minimum Gasteiger partial charge on any atom is -0.511 e. The van der Waals surface area contributed by atoms with E-state index in [1.165, 1.54) is 0 Å². The molecule has 1 fully saturated rings. The maximum atomic E-state index is 12.0. The molecule has 1 saturated carbocycles. The van der Waals surface area contributed by atoms with Gasteiger partial charge in [-0.2, -0.15) is 0 Å². The number of Topliss-reactive ketones (excluding diaryl/α,β-unsaturated/α-hetero) is 3. The molecule has 0 amide bonds. The largest absolute Gasteiger partial charge is 0.511 e. The Bertz CT molecular complexity index is 1100. The minimum atomic E-state index is -0.146. The van der Waals surface area contributed by atoms with E-state index in [2.05, 4.69) is 0 Å². The van der Waals surface area contributed by atoms with Gasteiger partial charge in [0.05, 0.1) is 11.1 Å². The van der Waals surface area contributed by atoms with Crippen molar-refractivity contribution in [2.75, 3.05) is 14.1 Å². The highest BCUT2D eigenvalue weighted by Gasteiger charge is 2.31. The molecule has 2 aliphatic carbocycles. The molecule has 2 aromatic carbocycles. The van der Waals surface area contributed by atoms with Gasteiger partial charge >= 0.3 is 0 Å². The van der Waals surface area contributed by atoms with Gasteiger partial charge < -0.3 is 15.4 Å². The number of nitrogens with zero attached hydrogens (tertiary/aromatic N) is 1. The van der Waals surface area contributed by atoms with Crippen LogP contribution in [-0.2, 0) is 14.4 Å².